The normalized spacial score (nSPS) is 11.2. The smallest absolute Gasteiger partial charge is 0.336 e. The zero-order valence-corrected chi connectivity index (χ0v) is 13.8. The Bertz CT molecular complexity index is 956. The summed E-state index contributed by atoms with van der Waals surface area (Å²) in [6.07, 6.45) is 1.59. The van der Waals surface area contributed by atoms with Gasteiger partial charge in [-0.05, 0) is 23.6 Å². The highest BCUT2D eigenvalue weighted by Gasteiger charge is 2.11. The Hall–Kier alpha value is -2.56. The molecule has 0 heterocycles. The lowest BCUT2D eigenvalue weighted by molar-refractivity contribution is 0.0699. The summed E-state index contributed by atoms with van der Waals surface area (Å²) < 4.78 is 0. The minimum atomic E-state index is -0.986. The van der Waals surface area contributed by atoms with Gasteiger partial charge >= 0.3 is 5.97 Å². The average molecular weight is 359 g/mol. The van der Waals surface area contributed by atoms with Crippen LogP contribution < -0.4 is 5.73 Å². The minimum Gasteiger partial charge on any atom is -0.478 e. The molecule has 0 aliphatic carbocycles. The fraction of sp³-hybridized carbons (Fsp3) is 0. The molecular formula is C18H12Cl2N2O2. The van der Waals surface area contributed by atoms with Crippen LogP contribution in [0.15, 0.2) is 53.5 Å². The number of halogens is 2. The highest BCUT2D eigenvalue weighted by Crippen LogP contribution is 2.32. The summed E-state index contributed by atoms with van der Waals surface area (Å²) in [4.78, 5) is 15.8. The van der Waals surface area contributed by atoms with Crippen LogP contribution in [-0.4, -0.2) is 17.3 Å². The van der Waals surface area contributed by atoms with Gasteiger partial charge in [-0.2, -0.15) is 0 Å². The van der Waals surface area contributed by atoms with Crippen LogP contribution in [-0.2, 0) is 0 Å². The lowest BCUT2D eigenvalue weighted by Gasteiger charge is -2.06. The van der Waals surface area contributed by atoms with Crippen LogP contribution in [0.5, 0.6) is 0 Å². The summed E-state index contributed by atoms with van der Waals surface area (Å²) in [7, 11) is 0. The lowest BCUT2D eigenvalue weighted by atomic mass is 10.00. The zero-order chi connectivity index (χ0) is 17.3. The van der Waals surface area contributed by atoms with Crippen molar-refractivity contribution in [1.82, 2.24) is 0 Å². The molecule has 3 aromatic rings. The van der Waals surface area contributed by atoms with Crippen LogP contribution in [0.2, 0.25) is 10.0 Å². The van der Waals surface area contributed by atoms with Crippen molar-refractivity contribution in [3.8, 4) is 0 Å². The van der Waals surface area contributed by atoms with Gasteiger partial charge in [0.15, 0.2) is 0 Å². The largest absolute Gasteiger partial charge is 0.478 e. The van der Waals surface area contributed by atoms with Crippen molar-refractivity contribution in [1.29, 1.82) is 0 Å². The van der Waals surface area contributed by atoms with Crippen molar-refractivity contribution in [2.45, 2.75) is 0 Å². The van der Waals surface area contributed by atoms with Crippen LogP contribution in [0, 0.1) is 0 Å². The molecule has 0 aliphatic rings. The average Bonchev–Trinajstić information content (AvgIpc) is 2.56. The van der Waals surface area contributed by atoms with Gasteiger partial charge in [-0.3, -0.25) is 4.99 Å². The summed E-state index contributed by atoms with van der Waals surface area (Å²) in [6, 6.07) is 13.8. The number of benzene rings is 3. The number of carboxylic acid groups (broad SMARTS) is 1. The van der Waals surface area contributed by atoms with E-state index in [4.69, 9.17) is 28.9 Å². The first kappa shape index (κ1) is 16.3. The number of aromatic carboxylic acids is 1. The molecule has 0 atom stereocenters. The maximum atomic E-state index is 11.5. The van der Waals surface area contributed by atoms with E-state index in [2.05, 4.69) is 4.99 Å². The van der Waals surface area contributed by atoms with E-state index in [0.717, 1.165) is 5.39 Å². The van der Waals surface area contributed by atoms with Gasteiger partial charge < -0.3 is 10.8 Å². The number of carbonyl (C=O) groups is 1. The molecule has 0 amide bonds. The molecule has 120 valence electrons. The third-order valence-corrected chi connectivity index (χ3v) is 4.21. The molecule has 3 N–H and O–H groups in total. The molecular weight excluding hydrogens is 347 g/mol. The van der Waals surface area contributed by atoms with Crippen LogP contribution in [0.25, 0.3) is 10.8 Å². The lowest BCUT2D eigenvalue weighted by Crippen LogP contribution is -1.99. The molecule has 0 fully saturated rings. The third-order valence-electron chi connectivity index (χ3n) is 3.58. The minimum absolute atomic E-state index is 0.225. The summed E-state index contributed by atoms with van der Waals surface area (Å²) in [5, 5.41) is 11.5. The Kier molecular flexibility index (Phi) is 4.42. The van der Waals surface area contributed by atoms with Gasteiger partial charge in [0.05, 0.1) is 27.0 Å². The molecule has 6 heteroatoms. The van der Waals surface area contributed by atoms with E-state index in [1.165, 1.54) is 0 Å². The molecule has 0 bridgehead atoms. The number of nitrogen functional groups attached to an aromatic ring is 1. The Morgan fingerprint density at radius 1 is 1.08 bits per heavy atom. The second-order valence-electron chi connectivity index (χ2n) is 5.14. The molecule has 0 aliphatic heterocycles. The Balaban J connectivity index is 2.12. The standard InChI is InChI=1S/C18H12Cl2N2O2/c19-14-7-12(8-15(20)17(14)21)22-9-11-5-1-3-10-4-2-6-13(16(10)11)18(23)24/h1-9H,21H2,(H,23,24). The molecule has 4 nitrogen and oxygen atoms in total. The van der Waals surface area contributed by atoms with Crippen LogP contribution in [0.3, 0.4) is 0 Å². The maximum Gasteiger partial charge on any atom is 0.336 e. The van der Waals surface area contributed by atoms with E-state index in [0.29, 0.717) is 32.4 Å². The number of anilines is 1. The number of aliphatic imine (C=N–C) groups is 1. The maximum absolute atomic E-state index is 11.5. The monoisotopic (exact) mass is 358 g/mol. The number of rotatable bonds is 3. The van der Waals surface area contributed by atoms with Crippen molar-refractivity contribution in [3.63, 3.8) is 0 Å². The second-order valence-corrected chi connectivity index (χ2v) is 5.95. The number of fused-ring (bicyclic) bond motifs is 1. The fourth-order valence-corrected chi connectivity index (χ4v) is 2.92. The molecule has 0 saturated carbocycles. The predicted octanol–water partition coefficient (Wildman–Crippen LogP) is 5.18. The predicted molar refractivity (Wildman–Crippen MR) is 99.0 cm³/mol. The number of nitrogens with two attached hydrogens (primary N) is 1. The molecule has 0 aromatic heterocycles. The van der Waals surface area contributed by atoms with Gasteiger partial charge in [-0.25, -0.2) is 4.79 Å². The molecule has 0 saturated heterocycles. The highest BCUT2D eigenvalue weighted by atomic mass is 35.5. The first-order chi connectivity index (χ1) is 11.5. The van der Waals surface area contributed by atoms with Crippen molar-refractivity contribution < 1.29 is 9.90 Å². The Labute approximate surface area is 148 Å². The van der Waals surface area contributed by atoms with E-state index in [1.807, 2.05) is 18.2 Å². The summed E-state index contributed by atoms with van der Waals surface area (Å²) in [6.45, 7) is 0. The van der Waals surface area contributed by atoms with Gasteiger partial charge in [0.25, 0.3) is 0 Å². The first-order valence-corrected chi connectivity index (χ1v) is 7.76. The number of hydrogen-bond acceptors (Lipinski definition) is 3. The van der Waals surface area contributed by atoms with Gasteiger partial charge in [0, 0.05) is 17.2 Å². The second kappa shape index (κ2) is 6.51. The van der Waals surface area contributed by atoms with Crippen molar-refractivity contribution >= 4 is 57.5 Å². The van der Waals surface area contributed by atoms with E-state index < -0.39 is 5.97 Å². The van der Waals surface area contributed by atoms with Crippen molar-refractivity contribution in [3.05, 3.63) is 69.7 Å². The number of hydrogen-bond donors (Lipinski definition) is 2. The zero-order valence-electron chi connectivity index (χ0n) is 12.3. The van der Waals surface area contributed by atoms with Crippen molar-refractivity contribution in [2.24, 2.45) is 4.99 Å². The molecule has 0 radical (unpaired) electrons. The molecule has 0 unspecified atom stereocenters. The van der Waals surface area contributed by atoms with Crippen molar-refractivity contribution in [2.75, 3.05) is 5.73 Å². The topological polar surface area (TPSA) is 75.7 Å². The van der Waals surface area contributed by atoms with Gasteiger partial charge in [-0.15, -0.1) is 0 Å². The Morgan fingerprint density at radius 3 is 2.33 bits per heavy atom. The fourth-order valence-electron chi connectivity index (χ4n) is 2.45. The van der Waals surface area contributed by atoms with Gasteiger partial charge in [0.2, 0.25) is 0 Å². The SMILES string of the molecule is Nc1c(Cl)cc(N=Cc2cccc3cccc(C(=O)O)c23)cc1Cl. The number of nitrogens with zero attached hydrogens (tertiary/aromatic N) is 1. The summed E-state index contributed by atoms with van der Waals surface area (Å²) in [5.74, 6) is -0.986. The molecule has 0 spiro atoms. The molecule has 24 heavy (non-hydrogen) atoms. The quantitative estimate of drug-likeness (QED) is 0.500. The van der Waals surface area contributed by atoms with Crippen LogP contribution in [0.1, 0.15) is 15.9 Å². The summed E-state index contributed by atoms with van der Waals surface area (Å²) in [5.41, 5.74) is 7.45. The van der Waals surface area contributed by atoms with Gasteiger partial charge in [-0.1, -0.05) is 53.5 Å². The highest BCUT2D eigenvalue weighted by molar-refractivity contribution is 6.39. The van der Waals surface area contributed by atoms with Crippen LogP contribution in [0.4, 0.5) is 11.4 Å². The van der Waals surface area contributed by atoms with E-state index in [9.17, 15) is 9.90 Å². The first-order valence-electron chi connectivity index (χ1n) is 7.01. The van der Waals surface area contributed by atoms with Gasteiger partial charge in [0.1, 0.15) is 0 Å². The van der Waals surface area contributed by atoms with E-state index in [-0.39, 0.29) is 5.56 Å². The van der Waals surface area contributed by atoms with E-state index in [1.54, 1.807) is 36.5 Å². The Morgan fingerprint density at radius 2 is 1.71 bits per heavy atom. The molecule has 3 rings (SSSR count). The van der Waals surface area contributed by atoms with Crippen LogP contribution >= 0.6 is 23.2 Å². The summed E-state index contributed by atoms with van der Waals surface area (Å²) >= 11 is 12.0. The molecule has 3 aromatic carbocycles. The van der Waals surface area contributed by atoms with E-state index >= 15 is 0 Å². The number of carboxylic acids is 1. The third kappa shape index (κ3) is 3.07.